The molecule has 0 aromatic carbocycles. The number of carbonyl (C=O) groups excluding carboxylic acids is 1. The molecule has 1 saturated heterocycles. The molecule has 2 aromatic heterocycles. The number of piperidine rings is 1. The molecule has 1 atom stereocenters. The Labute approximate surface area is 130 Å². The minimum atomic E-state index is -0.0711. The zero-order valence-corrected chi connectivity index (χ0v) is 13.4. The van der Waals surface area contributed by atoms with Gasteiger partial charge in [0.2, 0.25) is 0 Å². The molecule has 5 heteroatoms. The highest BCUT2D eigenvalue weighted by Gasteiger charge is 2.37. The van der Waals surface area contributed by atoms with E-state index >= 15 is 0 Å². The van der Waals surface area contributed by atoms with Crippen LogP contribution in [0.15, 0.2) is 24.4 Å². The second kappa shape index (κ2) is 5.55. The zero-order chi connectivity index (χ0) is 15.7. The van der Waals surface area contributed by atoms with Crippen LogP contribution in [0.2, 0.25) is 0 Å². The fraction of sp³-hybridized carbons (Fsp3) is 0.471. The largest absolute Gasteiger partial charge is 0.336 e. The van der Waals surface area contributed by atoms with Gasteiger partial charge in [-0.2, -0.15) is 5.10 Å². The van der Waals surface area contributed by atoms with Crippen molar-refractivity contribution in [2.45, 2.75) is 39.0 Å². The zero-order valence-electron chi connectivity index (χ0n) is 13.4. The van der Waals surface area contributed by atoms with E-state index in [1.807, 2.05) is 30.2 Å². The van der Waals surface area contributed by atoms with Crippen LogP contribution in [0, 0.1) is 13.8 Å². The van der Waals surface area contributed by atoms with E-state index in [0.717, 1.165) is 36.3 Å². The molecule has 1 fully saturated rings. The lowest BCUT2D eigenvalue weighted by molar-refractivity contribution is 0.0641. The van der Waals surface area contributed by atoms with Crippen LogP contribution in [0.1, 0.15) is 47.2 Å². The Balaban J connectivity index is 1.84. The maximum Gasteiger partial charge on any atom is 0.272 e. The quantitative estimate of drug-likeness (QED) is 0.927. The Kier molecular flexibility index (Phi) is 3.72. The molecular weight excluding hydrogens is 276 g/mol. The van der Waals surface area contributed by atoms with Crippen molar-refractivity contribution in [3.63, 3.8) is 0 Å². The summed E-state index contributed by atoms with van der Waals surface area (Å²) in [6.07, 6.45) is 3.90. The van der Waals surface area contributed by atoms with Crippen molar-refractivity contribution in [1.29, 1.82) is 0 Å². The molecule has 3 rings (SSSR count). The van der Waals surface area contributed by atoms with E-state index in [2.05, 4.69) is 29.0 Å². The van der Waals surface area contributed by atoms with Crippen LogP contribution in [0.5, 0.6) is 0 Å². The van der Waals surface area contributed by atoms with Crippen molar-refractivity contribution in [3.8, 4) is 0 Å². The van der Waals surface area contributed by atoms with Gasteiger partial charge in [-0.3, -0.25) is 9.89 Å². The number of H-pyrrole nitrogens is 1. The average Bonchev–Trinajstić information content (AvgIpc) is 2.93. The van der Waals surface area contributed by atoms with Crippen molar-refractivity contribution in [2.24, 2.45) is 0 Å². The lowest BCUT2D eigenvalue weighted by Gasteiger charge is -2.40. The van der Waals surface area contributed by atoms with Crippen LogP contribution >= 0.6 is 0 Å². The van der Waals surface area contributed by atoms with Crippen molar-refractivity contribution in [2.75, 3.05) is 13.1 Å². The number of likely N-dealkylation sites (tertiary alicyclic amines) is 1. The van der Waals surface area contributed by atoms with Gasteiger partial charge in [-0.25, -0.2) is 4.98 Å². The van der Waals surface area contributed by atoms with Gasteiger partial charge < -0.3 is 4.90 Å². The standard InChI is InChI=1S/C17H22N4O/c1-12-10-18-20-15(12)17(3)8-5-9-21(11-17)16(22)14-7-4-6-13(2)19-14/h4,6-7,10H,5,8-9,11H2,1-3H3,(H,18,20)/t17-/m1/s1. The Morgan fingerprint density at radius 3 is 2.86 bits per heavy atom. The van der Waals surface area contributed by atoms with Gasteiger partial charge in [-0.05, 0) is 44.4 Å². The number of rotatable bonds is 2. The van der Waals surface area contributed by atoms with Crippen LogP contribution in [-0.4, -0.2) is 39.1 Å². The third kappa shape index (κ3) is 2.63. The van der Waals surface area contributed by atoms with Gasteiger partial charge in [0.25, 0.3) is 5.91 Å². The highest BCUT2D eigenvalue weighted by Crippen LogP contribution is 2.34. The maximum absolute atomic E-state index is 12.7. The second-order valence-electron chi connectivity index (χ2n) is 6.48. The van der Waals surface area contributed by atoms with Crippen LogP contribution < -0.4 is 0 Å². The first-order chi connectivity index (χ1) is 10.5. The first-order valence-electron chi connectivity index (χ1n) is 7.73. The van der Waals surface area contributed by atoms with Gasteiger partial charge in [0.15, 0.2) is 0 Å². The number of hydrogen-bond donors (Lipinski definition) is 1. The monoisotopic (exact) mass is 298 g/mol. The topological polar surface area (TPSA) is 61.9 Å². The summed E-state index contributed by atoms with van der Waals surface area (Å²) in [4.78, 5) is 19.0. The molecule has 3 heterocycles. The molecule has 1 aliphatic rings. The molecule has 116 valence electrons. The summed E-state index contributed by atoms with van der Waals surface area (Å²) in [5, 5.41) is 7.26. The summed E-state index contributed by atoms with van der Waals surface area (Å²) in [7, 11) is 0. The highest BCUT2D eigenvalue weighted by molar-refractivity contribution is 5.92. The van der Waals surface area contributed by atoms with Gasteiger partial charge in [0.1, 0.15) is 5.69 Å². The van der Waals surface area contributed by atoms with Crippen LogP contribution in [0.3, 0.4) is 0 Å². The summed E-state index contributed by atoms with van der Waals surface area (Å²) in [6.45, 7) is 7.66. The molecule has 0 radical (unpaired) electrons. The van der Waals surface area contributed by atoms with E-state index in [1.54, 1.807) is 6.07 Å². The number of hydrogen-bond acceptors (Lipinski definition) is 3. The van der Waals surface area contributed by atoms with E-state index in [-0.39, 0.29) is 11.3 Å². The number of nitrogens with zero attached hydrogens (tertiary/aromatic N) is 3. The van der Waals surface area contributed by atoms with E-state index in [4.69, 9.17) is 0 Å². The number of carbonyl (C=O) groups is 1. The minimum Gasteiger partial charge on any atom is -0.336 e. The van der Waals surface area contributed by atoms with Crippen LogP contribution in [0.4, 0.5) is 0 Å². The van der Waals surface area contributed by atoms with E-state index < -0.39 is 0 Å². The number of pyridine rings is 1. The van der Waals surface area contributed by atoms with Crippen LogP contribution in [0.25, 0.3) is 0 Å². The fourth-order valence-electron chi connectivity index (χ4n) is 3.40. The number of aryl methyl sites for hydroxylation is 2. The van der Waals surface area contributed by atoms with E-state index in [9.17, 15) is 4.79 Å². The molecule has 2 aromatic rings. The Hall–Kier alpha value is -2.17. The smallest absolute Gasteiger partial charge is 0.272 e. The molecule has 1 aliphatic heterocycles. The van der Waals surface area contributed by atoms with Crippen molar-refractivity contribution in [3.05, 3.63) is 47.0 Å². The number of nitrogens with one attached hydrogen (secondary N) is 1. The summed E-state index contributed by atoms with van der Waals surface area (Å²) in [5.74, 6) is 0.0202. The predicted molar refractivity (Wildman–Crippen MR) is 84.8 cm³/mol. The van der Waals surface area contributed by atoms with Gasteiger partial charge in [-0.15, -0.1) is 0 Å². The third-order valence-corrected chi connectivity index (χ3v) is 4.52. The maximum atomic E-state index is 12.7. The molecule has 1 N–H and O–H groups in total. The summed E-state index contributed by atoms with van der Waals surface area (Å²) >= 11 is 0. The molecule has 0 aliphatic carbocycles. The Morgan fingerprint density at radius 2 is 2.18 bits per heavy atom. The van der Waals surface area contributed by atoms with Crippen molar-refractivity contribution < 1.29 is 4.79 Å². The van der Waals surface area contributed by atoms with Crippen molar-refractivity contribution >= 4 is 5.91 Å². The van der Waals surface area contributed by atoms with Gasteiger partial charge in [0, 0.05) is 29.9 Å². The number of amides is 1. The minimum absolute atomic E-state index is 0.0202. The molecule has 22 heavy (non-hydrogen) atoms. The summed E-state index contributed by atoms with van der Waals surface area (Å²) < 4.78 is 0. The van der Waals surface area contributed by atoms with E-state index in [0.29, 0.717) is 12.2 Å². The Bertz CT molecular complexity index is 693. The number of aromatic nitrogens is 3. The first kappa shape index (κ1) is 14.8. The molecule has 0 unspecified atom stereocenters. The molecule has 0 spiro atoms. The lowest BCUT2D eigenvalue weighted by atomic mass is 9.77. The van der Waals surface area contributed by atoms with Gasteiger partial charge in [-0.1, -0.05) is 13.0 Å². The molecular formula is C17H22N4O. The molecule has 0 saturated carbocycles. The third-order valence-electron chi connectivity index (χ3n) is 4.52. The molecule has 1 amide bonds. The van der Waals surface area contributed by atoms with Gasteiger partial charge in [0.05, 0.1) is 6.20 Å². The average molecular weight is 298 g/mol. The van der Waals surface area contributed by atoms with Gasteiger partial charge >= 0.3 is 0 Å². The van der Waals surface area contributed by atoms with Crippen LogP contribution in [-0.2, 0) is 5.41 Å². The SMILES string of the molecule is Cc1cccc(C(=O)N2CCC[C@@](C)(c3[nH]ncc3C)C2)n1. The second-order valence-corrected chi connectivity index (χ2v) is 6.48. The molecule has 5 nitrogen and oxygen atoms in total. The molecule has 0 bridgehead atoms. The predicted octanol–water partition coefficient (Wildman–Crippen LogP) is 2.62. The summed E-state index contributed by atoms with van der Waals surface area (Å²) in [6, 6.07) is 5.59. The Morgan fingerprint density at radius 1 is 1.36 bits per heavy atom. The van der Waals surface area contributed by atoms with Crippen molar-refractivity contribution in [1.82, 2.24) is 20.1 Å². The normalized spacial score (nSPS) is 21.9. The summed E-state index contributed by atoms with van der Waals surface area (Å²) in [5.41, 5.74) is 3.63. The number of aromatic amines is 1. The first-order valence-corrected chi connectivity index (χ1v) is 7.73. The fourth-order valence-corrected chi connectivity index (χ4v) is 3.40. The lowest BCUT2D eigenvalue weighted by Crippen LogP contribution is -2.47. The highest BCUT2D eigenvalue weighted by atomic mass is 16.2. The van der Waals surface area contributed by atoms with E-state index in [1.165, 1.54) is 0 Å².